The summed E-state index contributed by atoms with van der Waals surface area (Å²) >= 11 is 6.36. The maximum atomic E-state index is 6.36. The van der Waals surface area contributed by atoms with E-state index >= 15 is 0 Å². The number of hydrogen-bond donors (Lipinski definition) is 1. The molecule has 0 spiro atoms. The van der Waals surface area contributed by atoms with Crippen molar-refractivity contribution in [3.8, 4) is 5.75 Å². The molecule has 3 nitrogen and oxygen atoms in total. The summed E-state index contributed by atoms with van der Waals surface area (Å²) in [7, 11) is 2.12. The Balaban J connectivity index is 1.73. The normalized spacial score (nSPS) is 25.5. The molecule has 0 radical (unpaired) electrons. The van der Waals surface area contributed by atoms with Crippen molar-refractivity contribution in [2.45, 2.75) is 30.8 Å². The zero-order chi connectivity index (χ0) is 13.5. The smallest absolute Gasteiger partial charge is 0.138 e. The van der Waals surface area contributed by atoms with Crippen molar-refractivity contribution in [3.05, 3.63) is 28.8 Å². The van der Waals surface area contributed by atoms with Crippen molar-refractivity contribution in [3.63, 3.8) is 0 Å². The highest BCUT2D eigenvalue weighted by molar-refractivity contribution is 6.32. The summed E-state index contributed by atoms with van der Waals surface area (Å²) in [6.45, 7) is 2.78. The van der Waals surface area contributed by atoms with Crippen molar-refractivity contribution in [2.24, 2.45) is 5.73 Å². The zero-order valence-corrected chi connectivity index (χ0v) is 12.1. The molecule has 1 saturated heterocycles. The van der Waals surface area contributed by atoms with E-state index in [-0.39, 0.29) is 11.5 Å². The van der Waals surface area contributed by atoms with Gasteiger partial charge in [-0.2, -0.15) is 0 Å². The number of ether oxygens (including phenoxy) is 1. The van der Waals surface area contributed by atoms with Gasteiger partial charge >= 0.3 is 0 Å². The lowest BCUT2D eigenvalue weighted by atomic mass is 9.96. The van der Waals surface area contributed by atoms with Crippen LogP contribution in [0.4, 0.5) is 0 Å². The van der Waals surface area contributed by atoms with E-state index in [9.17, 15) is 0 Å². The molecular weight excluding hydrogens is 260 g/mol. The molecule has 104 valence electrons. The Labute approximate surface area is 119 Å². The summed E-state index contributed by atoms with van der Waals surface area (Å²) in [5, 5.41) is 0.715. The molecule has 0 amide bonds. The number of hydrogen-bond acceptors (Lipinski definition) is 3. The van der Waals surface area contributed by atoms with E-state index < -0.39 is 0 Å². The number of halogens is 1. The lowest BCUT2D eigenvalue weighted by Crippen LogP contribution is -2.22. The van der Waals surface area contributed by atoms with Crippen LogP contribution in [0.2, 0.25) is 5.02 Å². The number of likely N-dealkylation sites (tertiary alicyclic amines) is 1. The SMILES string of the molecule is CN1CCC(Oc2ccc(C3(CN)CC3)cc2Cl)C1. The minimum Gasteiger partial charge on any atom is -0.487 e. The van der Waals surface area contributed by atoms with Gasteiger partial charge in [0.25, 0.3) is 0 Å². The quantitative estimate of drug-likeness (QED) is 0.920. The van der Waals surface area contributed by atoms with Crippen molar-refractivity contribution < 1.29 is 4.74 Å². The highest BCUT2D eigenvalue weighted by atomic mass is 35.5. The summed E-state index contributed by atoms with van der Waals surface area (Å²) in [5.74, 6) is 0.804. The van der Waals surface area contributed by atoms with Crippen LogP contribution in [0, 0.1) is 0 Å². The van der Waals surface area contributed by atoms with Gasteiger partial charge in [-0.1, -0.05) is 17.7 Å². The van der Waals surface area contributed by atoms with Gasteiger partial charge in [0.2, 0.25) is 0 Å². The molecule has 1 saturated carbocycles. The number of benzene rings is 1. The van der Waals surface area contributed by atoms with E-state index in [1.54, 1.807) is 0 Å². The third-order valence-electron chi connectivity index (χ3n) is 4.43. The monoisotopic (exact) mass is 280 g/mol. The Morgan fingerprint density at radius 3 is 2.79 bits per heavy atom. The molecule has 1 aromatic carbocycles. The number of nitrogens with zero attached hydrogens (tertiary/aromatic N) is 1. The van der Waals surface area contributed by atoms with Crippen LogP contribution in [-0.4, -0.2) is 37.7 Å². The van der Waals surface area contributed by atoms with Gasteiger partial charge in [-0.05, 0) is 44.0 Å². The van der Waals surface area contributed by atoms with Crippen LogP contribution in [0.3, 0.4) is 0 Å². The predicted molar refractivity (Wildman–Crippen MR) is 77.9 cm³/mol. The average Bonchev–Trinajstić information content (AvgIpc) is 3.10. The first-order chi connectivity index (χ1) is 9.13. The molecule has 1 atom stereocenters. The zero-order valence-electron chi connectivity index (χ0n) is 11.4. The summed E-state index contributed by atoms with van der Waals surface area (Å²) in [6.07, 6.45) is 3.68. The van der Waals surface area contributed by atoms with E-state index in [0.29, 0.717) is 11.6 Å². The Bertz CT molecular complexity index is 473. The van der Waals surface area contributed by atoms with E-state index in [0.717, 1.165) is 25.3 Å². The molecule has 3 rings (SSSR count). The molecule has 1 heterocycles. The van der Waals surface area contributed by atoms with Gasteiger partial charge in [-0.25, -0.2) is 0 Å². The molecule has 2 fully saturated rings. The molecular formula is C15H21ClN2O. The summed E-state index contributed by atoms with van der Waals surface area (Å²) in [4.78, 5) is 2.28. The molecule has 2 N–H and O–H groups in total. The molecule has 2 aliphatic rings. The maximum absolute atomic E-state index is 6.36. The fourth-order valence-corrected chi connectivity index (χ4v) is 3.08. The van der Waals surface area contributed by atoms with Crippen LogP contribution in [0.25, 0.3) is 0 Å². The van der Waals surface area contributed by atoms with Crippen LogP contribution < -0.4 is 10.5 Å². The Morgan fingerprint density at radius 2 is 2.26 bits per heavy atom. The second kappa shape index (κ2) is 4.97. The molecule has 0 bridgehead atoms. The second-order valence-electron chi connectivity index (χ2n) is 5.92. The summed E-state index contributed by atoms with van der Waals surface area (Å²) in [5.41, 5.74) is 7.31. The van der Waals surface area contributed by atoms with E-state index in [2.05, 4.69) is 18.0 Å². The lowest BCUT2D eigenvalue weighted by Gasteiger charge is -2.18. The van der Waals surface area contributed by atoms with Gasteiger partial charge in [0.1, 0.15) is 11.9 Å². The van der Waals surface area contributed by atoms with Crippen molar-refractivity contribution in [1.82, 2.24) is 4.90 Å². The van der Waals surface area contributed by atoms with Crippen LogP contribution in [0.15, 0.2) is 18.2 Å². The average molecular weight is 281 g/mol. The molecule has 19 heavy (non-hydrogen) atoms. The fourth-order valence-electron chi connectivity index (χ4n) is 2.86. The Hall–Kier alpha value is -0.770. The molecule has 1 aliphatic carbocycles. The summed E-state index contributed by atoms with van der Waals surface area (Å²) in [6, 6.07) is 6.17. The topological polar surface area (TPSA) is 38.5 Å². The fraction of sp³-hybridized carbons (Fsp3) is 0.600. The van der Waals surface area contributed by atoms with Gasteiger partial charge in [-0.15, -0.1) is 0 Å². The van der Waals surface area contributed by atoms with E-state index in [1.807, 2.05) is 12.1 Å². The van der Waals surface area contributed by atoms with E-state index in [4.69, 9.17) is 22.1 Å². The molecule has 4 heteroatoms. The van der Waals surface area contributed by atoms with Gasteiger partial charge in [0.05, 0.1) is 5.02 Å². The number of likely N-dealkylation sites (N-methyl/N-ethyl adjacent to an activating group) is 1. The van der Waals surface area contributed by atoms with Gasteiger partial charge in [-0.3, -0.25) is 0 Å². The molecule has 1 aliphatic heterocycles. The van der Waals surface area contributed by atoms with Crippen LogP contribution in [-0.2, 0) is 5.41 Å². The first-order valence-electron chi connectivity index (χ1n) is 6.98. The van der Waals surface area contributed by atoms with E-state index in [1.165, 1.54) is 18.4 Å². The minimum atomic E-state index is 0.190. The summed E-state index contributed by atoms with van der Waals surface area (Å²) < 4.78 is 5.99. The maximum Gasteiger partial charge on any atom is 0.138 e. The lowest BCUT2D eigenvalue weighted by molar-refractivity contribution is 0.208. The first-order valence-corrected chi connectivity index (χ1v) is 7.36. The number of rotatable bonds is 4. The van der Waals surface area contributed by atoms with Gasteiger partial charge in [0, 0.05) is 25.0 Å². The molecule has 0 aromatic heterocycles. The van der Waals surface area contributed by atoms with Crippen molar-refractivity contribution in [2.75, 3.05) is 26.7 Å². The molecule has 1 aromatic rings. The molecule has 1 unspecified atom stereocenters. The first kappa shape index (κ1) is 13.2. The minimum absolute atomic E-state index is 0.190. The Morgan fingerprint density at radius 1 is 1.47 bits per heavy atom. The van der Waals surface area contributed by atoms with Crippen molar-refractivity contribution >= 4 is 11.6 Å². The third kappa shape index (κ3) is 2.60. The van der Waals surface area contributed by atoms with Gasteiger partial charge < -0.3 is 15.4 Å². The third-order valence-corrected chi connectivity index (χ3v) is 4.73. The highest BCUT2D eigenvalue weighted by Gasteiger charge is 2.43. The van der Waals surface area contributed by atoms with Crippen LogP contribution in [0.5, 0.6) is 5.75 Å². The predicted octanol–water partition coefficient (Wildman–Crippen LogP) is 2.41. The standard InChI is InChI=1S/C15H21ClN2O/c1-18-7-4-12(9-18)19-14-3-2-11(8-13(14)16)15(10-17)5-6-15/h2-3,8,12H,4-7,9-10,17H2,1H3. The van der Waals surface area contributed by atoms with Crippen LogP contribution >= 0.6 is 11.6 Å². The van der Waals surface area contributed by atoms with Crippen molar-refractivity contribution in [1.29, 1.82) is 0 Å². The number of nitrogens with two attached hydrogens (primary N) is 1. The van der Waals surface area contributed by atoms with Crippen LogP contribution in [0.1, 0.15) is 24.8 Å². The van der Waals surface area contributed by atoms with Gasteiger partial charge in [0.15, 0.2) is 0 Å². The largest absolute Gasteiger partial charge is 0.487 e. The Kier molecular flexibility index (Phi) is 3.46. The highest BCUT2D eigenvalue weighted by Crippen LogP contribution is 2.48. The second-order valence-corrected chi connectivity index (χ2v) is 6.33.